The molecule has 1 N–H and O–H groups in total. The summed E-state index contributed by atoms with van der Waals surface area (Å²) in [4.78, 5) is 12.0. The molecule has 0 aliphatic rings. The summed E-state index contributed by atoms with van der Waals surface area (Å²) in [7, 11) is 0. The average Bonchev–Trinajstić information content (AvgIpc) is 2.96. The molecule has 0 fully saturated rings. The maximum absolute atomic E-state index is 4.58. The van der Waals surface area contributed by atoms with Crippen LogP contribution in [0.15, 0.2) is 58.4 Å². The Kier molecular flexibility index (Phi) is 4.18. The number of aromatic nitrogens is 3. The fourth-order valence-electron chi connectivity index (χ4n) is 1.72. The van der Waals surface area contributed by atoms with E-state index in [4.69, 9.17) is 0 Å². The highest BCUT2D eigenvalue weighted by atomic mass is 79.9. The first-order chi connectivity index (χ1) is 9.81. The minimum atomic E-state index is 0.758. The maximum Gasteiger partial charge on any atom is 0.166 e. The number of hydrogen-bond acceptors (Lipinski definition) is 3. The Morgan fingerprint density at radius 2 is 2.10 bits per heavy atom. The van der Waals surface area contributed by atoms with E-state index in [1.165, 1.54) is 0 Å². The molecule has 0 unspecified atom stereocenters. The number of nitrogens with one attached hydrogen (secondary N) is 1. The molecule has 3 nitrogen and oxygen atoms in total. The summed E-state index contributed by atoms with van der Waals surface area (Å²) in [5.41, 5.74) is 2.98. The molecule has 0 aliphatic carbocycles. The number of pyridine rings is 1. The highest BCUT2D eigenvalue weighted by Crippen LogP contribution is 2.24. The lowest BCUT2D eigenvalue weighted by molar-refractivity contribution is 1.05. The number of H-pyrrole nitrogens is 1. The molecule has 1 radical (unpaired) electrons. The molecule has 3 rings (SSSR count). The number of thioether (sulfide) groups is 1. The van der Waals surface area contributed by atoms with Gasteiger partial charge in [0.2, 0.25) is 0 Å². The first-order valence-electron chi connectivity index (χ1n) is 6.07. The normalized spacial score (nSPS) is 10.7. The van der Waals surface area contributed by atoms with Gasteiger partial charge in [0.1, 0.15) is 0 Å². The minimum Gasteiger partial charge on any atom is -0.339 e. The van der Waals surface area contributed by atoms with E-state index in [1.54, 1.807) is 18.0 Å². The first kappa shape index (κ1) is 13.4. The summed E-state index contributed by atoms with van der Waals surface area (Å²) in [5.74, 6) is 0.758. The zero-order chi connectivity index (χ0) is 13.8. The molecule has 0 saturated heterocycles. The zero-order valence-electron chi connectivity index (χ0n) is 10.5. The van der Waals surface area contributed by atoms with Crippen molar-refractivity contribution in [2.75, 3.05) is 0 Å². The van der Waals surface area contributed by atoms with Crippen molar-refractivity contribution in [1.29, 1.82) is 0 Å². The van der Waals surface area contributed by atoms with Crippen molar-refractivity contribution >= 4 is 27.7 Å². The summed E-state index contributed by atoms with van der Waals surface area (Å²) in [6, 6.07) is 15.0. The van der Waals surface area contributed by atoms with Gasteiger partial charge in [-0.25, -0.2) is 4.98 Å². The summed E-state index contributed by atoms with van der Waals surface area (Å²) in [5, 5.41) is 0.891. The summed E-state index contributed by atoms with van der Waals surface area (Å²) in [6.07, 6.45) is 3.70. The Morgan fingerprint density at radius 1 is 1.25 bits per heavy atom. The van der Waals surface area contributed by atoms with Crippen LogP contribution in [-0.4, -0.2) is 15.0 Å². The number of imidazole rings is 1. The van der Waals surface area contributed by atoms with E-state index in [2.05, 4.69) is 36.9 Å². The maximum atomic E-state index is 4.58. The van der Waals surface area contributed by atoms with Crippen LogP contribution in [0.5, 0.6) is 0 Å². The Morgan fingerprint density at radius 3 is 2.85 bits per heavy atom. The van der Waals surface area contributed by atoms with Crippen LogP contribution in [-0.2, 0) is 5.75 Å². The van der Waals surface area contributed by atoms with Gasteiger partial charge in [-0.05, 0) is 18.2 Å². The van der Waals surface area contributed by atoms with E-state index in [-0.39, 0.29) is 0 Å². The number of halogens is 1. The Balaban J connectivity index is 1.69. The van der Waals surface area contributed by atoms with Gasteiger partial charge in [0.25, 0.3) is 0 Å². The lowest BCUT2D eigenvalue weighted by Gasteiger charge is -1.97. The number of hydrogen-bond donors (Lipinski definition) is 1. The van der Waals surface area contributed by atoms with Crippen LogP contribution in [0.25, 0.3) is 11.3 Å². The average molecular weight is 345 g/mol. The van der Waals surface area contributed by atoms with E-state index in [0.717, 1.165) is 32.3 Å². The van der Waals surface area contributed by atoms with Crippen molar-refractivity contribution in [3.05, 3.63) is 65.0 Å². The van der Waals surface area contributed by atoms with Crippen LogP contribution < -0.4 is 0 Å². The highest BCUT2D eigenvalue weighted by Gasteiger charge is 2.05. The SMILES string of the molecule is Brc1ccc(-c2c[nH]c(SCc3[c]cccn3)n2)cc1. The van der Waals surface area contributed by atoms with Gasteiger partial charge < -0.3 is 4.98 Å². The topological polar surface area (TPSA) is 41.6 Å². The van der Waals surface area contributed by atoms with Crippen LogP contribution in [0.3, 0.4) is 0 Å². The molecule has 0 bridgehead atoms. The molecule has 1 aromatic carbocycles. The molecule has 0 amide bonds. The van der Waals surface area contributed by atoms with E-state index in [1.807, 2.05) is 42.6 Å². The molecule has 0 atom stereocenters. The standard InChI is InChI=1S/C15H11BrN3S/c16-12-6-4-11(5-7-12)14-9-18-15(19-14)20-10-13-3-1-2-8-17-13/h1-2,4-9H,10H2,(H,18,19). The number of aromatic amines is 1. The smallest absolute Gasteiger partial charge is 0.166 e. The fraction of sp³-hybridized carbons (Fsp3) is 0.0667. The van der Waals surface area contributed by atoms with Crippen molar-refractivity contribution in [3.63, 3.8) is 0 Å². The van der Waals surface area contributed by atoms with Gasteiger partial charge in [-0.2, -0.15) is 0 Å². The van der Waals surface area contributed by atoms with E-state index in [9.17, 15) is 0 Å². The predicted octanol–water partition coefficient (Wildman–Crippen LogP) is 4.33. The number of benzene rings is 1. The summed E-state index contributed by atoms with van der Waals surface area (Å²) < 4.78 is 1.07. The van der Waals surface area contributed by atoms with Crippen molar-refractivity contribution in [1.82, 2.24) is 15.0 Å². The van der Waals surface area contributed by atoms with E-state index >= 15 is 0 Å². The third kappa shape index (κ3) is 3.29. The second-order valence-electron chi connectivity index (χ2n) is 4.11. The lowest BCUT2D eigenvalue weighted by atomic mass is 10.2. The quantitative estimate of drug-likeness (QED) is 0.716. The summed E-state index contributed by atoms with van der Waals surface area (Å²) >= 11 is 5.05. The first-order valence-corrected chi connectivity index (χ1v) is 7.85. The predicted molar refractivity (Wildman–Crippen MR) is 84.4 cm³/mol. The van der Waals surface area contributed by atoms with Gasteiger partial charge in [-0.3, -0.25) is 4.98 Å². The summed E-state index contributed by atoms with van der Waals surface area (Å²) in [6.45, 7) is 0. The van der Waals surface area contributed by atoms with E-state index in [0.29, 0.717) is 0 Å². The van der Waals surface area contributed by atoms with Gasteiger partial charge in [0.05, 0.1) is 11.4 Å². The van der Waals surface area contributed by atoms with Crippen molar-refractivity contribution in [3.8, 4) is 11.3 Å². The van der Waals surface area contributed by atoms with Gasteiger partial charge in [0.15, 0.2) is 5.16 Å². The Hall–Kier alpha value is -1.59. The largest absolute Gasteiger partial charge is 0.339 e. The Labute approximate surface area is 130 Å². The van der Waals surface area contributed by atoms with Crippen molar-refractivity contribution in [2.45, 2.75) is 10.9 Å². The minimum absolute atomic E-state index is 0.758. The van der Waals surface area contributed by atoms with Crippen LogP contribution >= 0.6 is 27.7 Å². The molecular weight excluding hydrogens is 334 g/mol. The van der Waals surface area contributed by atoms with Gasteiger partial charge in [-0.1, -0.05) is 45.9 Å². The fourth-order valence-corrected chi connectivity index (χ4v) is 2.72. The third-order valence-corrected chi connectivity index (χ3v) is 4.13. The van der Waals surface area contributed by atoms with Crippen LogP contribution in [0, 0.1) is 6.07 Å². The number of nitrogens with zero attached hydrogens (tertiary/aromatic N) is 2. The second kappa shape index (κ2) is 6.24. The van der Waals surface area contributed by atoms with Crippen molar-refractivity contribution < 1.29 is 0 Å². The highest BCUT2D eigenvalue weighted by molar-refractivity contribution is 9.10. The Bertz CT molecular complexity index is 680. The van der Waals surface area contributed by atoms with Gasteiger partial charge in [-0.15, -0.1) is 0 Å². The van der Waals surface area contributed by atoms with Crippen LogP contribution in [0.2, 0.25) is 0 Å². The second-order valence-corrected chi connectivity index (χ2v) is 5.99. The molecule has 99 valence electrons. The molecule has 0 saturated carbocycles. The van der Waals surface area contributed by atoms with E-state index < -0.39 is 0 Å². The van der Waals surface area contributed by atoms with Crippen LogP contribution in [0.4, 0.5) is 0 Å². The van der Waals surface area contributed by atoms with Crippen LogP contribution in [0.1, 0.15) is 5.69 Å². The van der Waals surface area contributed by atoms with Gasteiger partial charge in [0, 0.05) is 34.2 Å². The molecule has 20 heavy (non-hydrogen) atoms. The zero-order valence-corrected chi connectivity index (χ0v) is 12.9. The number of rotatable bonds is 4. The van der Waals surface area contributed by atoms with Crippen molar-refractivity contribution in [2.24, 2.45) is 0 Å². The molecule has 0 aliphatic heterocycles. The molecule has 0 spiro atoms. The molecule has 2 aromatic heterocycles. The third-order valence-electron chi connectivity index (χ3n) is 2.70. The van der Waals surface area contributed by atoms with Gasteiger partial charge >= 0.3 is 0 Å². The molecule has 5 heteroatoms. The lowest BCUT2D eigenvalue weighted by Crippen LogP contribution is -1.86. The molecular formula is C15H11BrN3S. The monoisotopic (exact) mass is 344 g/mol. The molecule has 3 aromatic rings. The molecule has 2 heterocycles.